The number of amides is 1. The Bertz CT molecular complexity index is 1310. The van der Waals surface area contributed by atoms with Crippen molar-refractivity contribution >= 4 is 39.2 Å². The van der Waals surface area contributed by atoms with Crippen LogP contribution in [0.2, 0.25) is 5.02 Å². The third kappa shape index (κ3) is 4.87. The summed E-state index contributed by atoms with van der Waals surface area (Å²) in [4.78, 5) is 20.1. The van der Waals surface area contributed by atoms with E-state index in [4.69, 9.17) is 16.1 Å². The van der Waals surface area contributed by atoms with E-state index in [-0.39, 0.29) is 16.5 Å². The highest BCUT2D eigenvalue weighted by atomic mass is 35.5. The van der Waals surface area contributed by atoms with Gasteiger partial charge in [-0.2, -0.15) is 0 Å². The molecule has 0 fully saturated rings. The molecule has 0 aliphatic rings. The molecular weight excluding hydrogens is 442 g/mol. The molecule has 9 nitrogen and oxygen atoms in total. The van der Waals surface area contributed by atoms with Gasteiger partial charge in [-0.3, -0.25) is 4.79 Å². The second-order valence-corrected chi connectivity index (χ2v) is 8.36. The molecule has 156 valence electrons. The zero-order chi connectivity index (χ0) is 21.8. The van der Waals surface area contributed by atoms with Crippen LogP contribution in [0.5, 0.6) is 0 Å². The number of halogens is 1. The van der Waals surface area contributed by atoms with Crippen LogP contribution in [-0.4, -0.2) is 29.4 Å². The zero-order valence-corrected chi connectivity index (χ0v) is 17.3. The maximum atomic E-state index is 12.4. The first kappa shape index (κ1) is 20.5. The summed E-state index contributed by atoms with van der Waals surface area (Å²) < 4.78 is 32.3. The first-order valence-corrected chi connectivity index (χ1v) is 10.7. The van der Waals surface area contributed by atoms with Crippen molar-refractivity contribution in [2.45, 2.75) is 4.90 Å². The van der Waals surface area contributed by atoms with Gasteiger partial charge in [0.1, 0.15) is 0 Å². The highest BCUT2D eigenvalue weighted by Crippen LogP contribution is 2.23. The van der Waals surface area contributed by atoms with Crippen molar-refractivity contribution in [3.8, 4) is 11.3 Å². The van der Waals surface area contributed by atoms with E-state index in [0.717, 1.165) is 5.56 Å². The third-order valence-electron chi connectivity index (χ3n) is 4.09. The smallest absolute Gasteiger partial charge is 0.277 e. The Morgan fingerprint density at radius 3 is 2.32 bits per heavy atom. The largest absolute Gasteiger partial charge is 0.355 e. The number of carbonyl (C=O) groups excluding carboxylic acids is 1. The zero-order valence-electron chi connectivity index (χ0n) is 15.7. The Morgan fingerprint density at radius 2 is 1.65 bits per heavy atom. The topological polar surface area (TPSA) is 127 Å². The first-order valence-electron chi connectivity index (χ1n) is 8.85. The number of anilines is 2. The summed E-state index contributed by atoms with van der Waals surface area (Å²) in [5, 5.41) is 6.99. The average molecular weight is 456 g/mol. The monoisotopic (exact) mass is 455 g/mol. The molecule has 0 aliphatic carbocycles. The second-order valence-electron chi connectivity index (χ2n) is 6.24. The van der Waals surface area contributed by atoms with Crippen molar-refractivity contribution in [1.82, 2.24) is 15.1 Å². The number of hydrogen-bond donors (Lipinski definition) is 2. The molecule has 2 heterocycles. The van der Waals surface area contributed by atoms with E-state index in [1.165, 1.54) is 42.7 Å². The lowest BCUT2D eigenvalue weighted by Gasteiger charge is -2.07. The van der Waals surface area contributed by atoms with Gasteiger partial charge in [-0.1, -0.05) is 16.8 Å². The highest BCUT2D eigenvalue weighted by Gasteiger charge is 2.17. The minimum atomic E-state index is -3.87. The molecule has 0 saturated heterocycles. The van der Waals surface area contributed by atoms with Crippen LogP contribution < -0.4 is 10.0 Å². The van der Waals surface area contributed by atoms with E-state index in [0.29, 0.717) is 16.5 Å². The number of benzene rings is 2. The summed E-state index contributed by atoms with van der Waals surface area (Å²) in [6.45, 7) is 0. The van der Waals surface area contributed by atoms with Crippen LogP contribution in [0.25, 0.3) is 11.3 Å². The molecule has 0 radical (unpaired) electrons. The van der Waals surface area contributed by atoms with Crippen molar-refractivity contribution in [2.75, 3.05) is 10.0 Å². The van der Waals surface area contributed by atoms with Gasteiger partial charge in [0.15, 0.2) is 11.5 Å². The highest BCUT2D eigenvalue weighted by molar-refractivity contribution is 7.92. The van der Waals surface area contributed by atoms with E-state index in [2.05, 4.69) is 25.2 Å². The average Bonchev–Trinajstić information content (AvgIpc) is 3.25. The van der Waals surface area contributed by atoms with Crippen molar-refractivity contribution < 1.29 is 17.7 Å². The SMILES string of the molecule is O=C(Nc1ccc(S(=O)(=O)Nc2ncccn2)cc1)c1cc(-c2ccc(Cl)cc2)on1. The molecule has 0 saturated carbocycles. The maximum Gasteiger partial charge on any atom is 0.277 e. The van der Waals surface area contributed by atoms with Gasteiger partial charge in [-0.25, -0.2) is 23.1 Å². The van der Waals surface area contributed by atoms with Crippen molar-refractivity contribution in [1.29, 1.82) is 0 Å². The van der Waals surface area contributed by atoms with Gasteiger partial charge in [0.05, 0.1) is 4.90 Å². The van der Waals surface area contributed by atoms with E-state index < -0.39 is 15.9 Å². The first-order chi connectivity index (χ1) is 14.9. The van der Waals surface area contributed by atoms with Crippen molar-refractivity contribution in [2.24, 2.45) is 0 Å². The number of carbonyl (C=O) groups is 1. The summed E-state index contributed by atoms with van der Waals surface area (Å²) in [6.07, 6.45) is 2.84. The Kier molecular flexibility index (Phi) is 5.65. The molecule has 0 unspecified atom stereocenters. The van der Waals surface area contributed by atoms with E-state index in [1.807, 2.05) is 0 Å². The van der Waals surface area contributed by atoms with Crippen LogP contribution in [0.1, 0.15) is 10.5 Å². The number of sulfonamides is 1. The summed E-state index contributed by atoms with van der Waals surface area (Å²) in [5.41, 5.74) is 1.18. The molecule has 2 N–H and O–H groups in total. The molecule has 0 spiro atoms. The molecule has 11 heteroatoms. The molecule has 0 bridgehead atoms. The lowest BCUT2D eigenvalue weighted by Crippen LogP contribution is -2.15. The molecule has 4 aromatic rings. The molecule has 4 rings (SSSR count). The lowest BCUT2D eigenvalue weighted by molar-refractivity contribution is 0.101. The number of aromatic nitrogens is 3. The fourth-order valence-corrected chi connectivity index (χ4v) is 3.66. The van der Waals surface area contributed by atoms with Gasteiger partial charge in [0.25, 0.3) is 15.9 Å². The number of nitrogens with zero attached hydrogens (tertiary/aromatic N) is 3. The van der Waals surface area contributed by atoms with Crippen molar-refractivity contribution in [3.05, 3.63) is 83.8 Å². The summed E-state index contributed by atoms with van der Waals surface area (Å²) >= 11 is 5.87. The molecule has 31 heavy (non-hydrogen) atoms. The molecule has 0 atom stereocenters. The van der Waals surface area contributed by atoms with Gasteiger partial charge in [0, 0.05) is 34.7 Å². The number of rotatable bonds is 6. The van der Waals surface area contributed by atoms with E-state index in [9.17, 15) is 13.2 Å². The van der Waals surface area contributed by atoms with Crippen LogP contribution in [0.15, 0.2) is 82.5 Å². The lowest BCUT2D eigenvalue weighted by atomic mass is 10.1. The Morgan fingerprint density at radius 1 is 0.968 bits per heavy atom. The Labute approximate surface area is 182 Å². The van der Waals surface area contributed by atoms with Crippen LogP contribution in [0.4, 0.5) is 11.6 Å². The molecular formula is C20H14ClN5O4S. The molecule has 2 aromatic carbocycles. The standard InChI is InChI=1S/C20H14ClN5O4S/c21-14-4-2-13(3-5-14)18-12-17(25-30-18)19(27)24-15-6-8-16(9-7-15)31(28,29)26-20-22-10-1-11-23-20/h1-12H,(H,24,27)(H,22,23,26). The molecule has 2 aromatic heterocycles. The number of hydrogen-bond acceptors (Lipinski definition) is 7. The van der Waals surface area contributed by atoms with E-state index in [1.54, 1.807) is 30.3 Å². The molecule has 1 amide bonds. The van der Waals surface area contributed by atoms with Crippen molar-refractivity contribution in [3.63, 3.8) is 0 Å². The normalized spacial score (nSPS) is 11.1. The van der Waals surface area contributed by atoms with E-state index >= 15 is 0 Å². The fourth-order valence-electron chi connectivity index (χ4n) is 2.58. The van der Waals surface area contributed by atoms with Crippen LogP contribution in [0, 0.1) is 0 Å². The Balaban J connectivity index is 1.44. The van der Waals surface area contributed by atoms with Gasteiger partial charge in [0.2, 0.25) is 5.95 Å². The van der Waals surface area contributed by atoms with Gasteiger partial charge >= 0.3 is 0 Å². The second kappa shape index (κ2) is 8.54. The Hall–Kier alpha value is -3.76. The summed E-state index contributed by atoms with van der Waals surface area (Å²) in [6, 6.07) is 15.6. The van der Waals surface area contributed by atoms with Gasteiger partial charge < -0.3 is 9.84 Å². The predicted molar refractivity (Wildman–Crippen MR) is 114 cm³/mol. The van der Waals surface area contributed by atoms with Gasteiger partial charge in [-0.05, 0) is 54.6 Å². The van der Waals surface area contributed by atoms with Gasteiger partial charge in [-0.15, -0.1) is 0 Å². The molecule has 0 aliphatic heterocycles. The van der Waals surface area contributed by atoms with Crippen LogP contribution in [-0.2, 0) is 10.0 Å². The van der Waals surface area contributed by atoms with Crippen LogP contribution in [0.3, 0.4) is 0 Å². The maximum absolute atomic E-state index is 12.4. The summed E-state index contributed by atoms with van der Waals surface area (Å²) in [7, 11) is -3.87. The predicted octanol–water partition coefficient (Wildman–Crippen LogP) is 3.84. The quantitative estimate of drug-likeness (QED) is 0.452. The minimum Gasteiger partial charge on any atom is -0.355 e. The fraction of sp³-hybridized carbons (Fsp3) is 0. The summed E-state index contributed by atoms with van der Waals surface area (Å²) in [5.74, 6) is -0.129. The minimum absolute atomic E-state index is 0.00980. The third-order valence-corrected chi connectivity index (χ3v) is 5.68. The van der Waals surface area contributed by atoms with Crippen LogP contribution >= 0.6 is 11.6 Å². The number of nitrogens with one attached hydrogen (secondary N) is 2.